The van der Waals surface area contributed by atoms with E-state index in [1.165, 1.54) is 0 Å². The van der Waals surface area contributed by atoms with E-state index in [2.05, 4.69) is 15.3 Å². The van der Waals surface area contributed by atoms with Crippen LogP contribution in [0.25, 0.3) is 21.1 Å². The number of amides is 1. The molecule has 1 aromatic carbocycles. The van der Waals surface area contributed by atoms with Crippen LogP contribution in [0.3, 0.4) is 0 Å². The number of nitrogens with zero attached hydrogens (tertiary/aromatic N) is 3. The van der Waals surface area contributed by atoms with Crippen molar-refractivity contribution in [3.8, 4) is 5.75 Å². The van der Waals surface area contributed by atoms with Crippen LogP contribution < -0.4 is 10.1 Å². The van der Waals surface area contributed by atoms with Crippen molar-refractivity contribution >= 4 is 28.0 Å². The minimum absolute atomic E-state index is 0.189. The molecular weight excluding hydrogens is 335 g/mol. The van der Waals surface area contributed by atoms with Crippen LogP contribution in [0.1, 0.15) is 13.3 Å². The third-order valence-corrected chi connectivity index (χ3v) is 4.93. The molecule has 26 heavy (non-hydrogen) atoms. The average molecular weight is 352 g/mol. The van der Waals surface area contributed by atoms with E-state index in [-0.39, 0.29) is 18.6 Å². The fraction of sp³-hybridized carbons (Fsp3) is 0.316. The average Bonchev–Trinajstić information content (AvgIpc) is 3.24. The number of benzene rings is 1. The number of hydrogen-bond donors (Lipinski definition) is 1. The number of ether oxygens (including phenoxy) is 1. The van der Waals surface area contributed by atoms with Gasteiger partial charge in [0.25, 0.3) is 11.7 Å². The first kappa shape index (κ1) is 16.3. The van der Waals surface area contributed by atoms with E-state index in [1.807, 2.05) is 31.2 Å². The number of carbonyl (C=O) groups is 1. The summed E-state index contributed by atoms with van der Waals surface area (Å²) < 4.78 is 21.5. The number of halogens is 1. The molecule has 1 saturated heterocycles. The van der Waals surface area contributed by atoms with Crippen LogP contribution in [0.5, 0.6) is 5.75 Å². The summed E-state index contributed by atoms with van der Waals surface area (Å²) >= 11 is 0. The Labute approximate surface area is 149 Å². The highest BCUT2D eigenvalue weighted by molar-refractivity contribution is 6.02. The van der Waals surface area contributed by atoms with Crippen LogP contribution in [0.15, 0.2) is 36.5 Å². The number of nitrogens with one attached hydrogen (secondary N) is 1. The quantitative estimate of drug-likeness (QED) is 0.733. The fourth-order valence-electron chi connectivity index (χ4n) is 3.62. The molecule has 4 rings (SSSR count). The summed E-state index contributed by atoms with van der Waals surface area (Å²) in [5, 5.41) is 8.59. The molecule has 3 aromatic rings. The van der Waals surface area contributed by atoms with Crippen molar-refractivity contribution in [2.45, 2.75) is 25.6 Å². The Hall–Kier alpha value is -3.14. The van der Waals surface area contributed by atoms with Gasteiger partial charge in [-0.05, 0) is 23.9 Å². The number of rotatable bonds is 4. The zero-order valence-electron chi connectivity index (χ0n) is 14.1. The lowest BCUT2D eigenvalue weighted by molar-refractivity contribution is -0.123. The second kappa shape index (κ2) is 6.30. The standard InChI is InChI=1S/C19H17FN4O2/c1-3-12-13(23-19(25)18(12)20)10-26-15-6-4-5-11-9-16(21-2)24-14(17(11)15)7-8-22-24/h4-9,12-13,18H,3,10H2,1H3,(H,23,25)/t12-,13+,18-/m0/s1. The van der Waals surface area contributed by atoms with Crippen molar-refractivity contribution in [2.75, 3.05) is 6.61 Å². The first-order valence-electron chi connectivity index (χ1n) is 8.48. The van der Waals surface area contributed by atoms with Crippen LogP contribution in [0.2, 0.25) is 0 Å². The second-order valence-corrected chi connectivity index (χ2v) is 6.36. The smallest absolute Gasteiger partial charge is 0.256 e. The van der Waals surface area contributed by atoms with Gasteiger partial charge in [-0.2, -0.15) is 4.52 Å². The molecule has 0 bridgehead atoms. The summed E-state index contributed by atoms with van der Waals surface area (Å²) in [5.41, 5.74) is 0.773. The van der Waals surface area contributed by atoms with Gasteiger partial charge < -0.3 is 14.9 Å². The molecule has 1 amide bonds. The number of carbonyl (C=O) groups excluding carboxylic acids is 1. The molecule has 0 aliphatic carbocycles. The van der Waals surface area contributed by atoms with Gasteiger partial charge in [0.1, 0.15) is 12.4 Å². The largest absolute Gasteiger partial charge is 0.491 e. The molecule has 1 aliphatic rings. The molecule has 0 unspecified atom stereocenters. The van der Waals surface area contributed by atoms with E-state index < -0.39 is 12.1 Å². The predicted molar refractivity (Wildman–Crippen MR) is 95.1 cm³/mol. The second-order valence-electron chi connectivity index (χ2n) is 6.36. The molecule has 6 nitrogen and oxygen atoms in total. The molecular formula is C19H17FN4O2. The molecule has 132 valence electrons. The van der Waals surface area contributed by atoms with Crippen LogP contribution in [-0.2, 0) is 4.79 Å². The van der Waals surface area contributed by atoms with Gasteiger partial charge in [-0.25, -0.2) is 4.39 Å². The molecule has 1 aliphatic heterocycles. The third-order valence-electron chi connectivity index (χ3n) is 4.93. The van der Waals surface area contributed by atoms with Crippen molar-refractivity contribution < 1.29 is 13.9 Å². The maximum absolute atomic E-state index is 14.0. The van der Waals surface area contributed by atoms with Gasteiger partial charge in [-0.1, -0.05) is 25.6 Å². The van der Waals surface area contributed by atoms with Crippen molar-refractivity contribution in [3.63, 3.8) is 0 Å². The van der Waals surface area contributed by atoms with Crippen LogP contribution in [0, 0.1) is 12.5 Å². The third kappa shape index (κ3) is 2.46. The summed E-state index contributed by atoms with van der Waals surface area (Å²) in [6.07, 6.45) is 0.715. The fourth-order valence-corrected chi connectivity index (χ4v) is 3.62. The van der Waals surface area contributed by atoms with Crippen LogP contribution in [0.4, 0.5) is 10.2 Å². The maximum Gasteiger partial charge on any atom is 0.256 e. The molecule has 1 fully saturated rings. The van der Waals surface area contributed by atoms with Crippen LogP contribution in [-0.4, -0.2) is 34.3 Å². The minimum atomic E-state index is -1.48. The normalized spacial score (nSPS) is 22.5. The first-order chi connectivity index (χ1) is 12.6. The zero-order valence-corrected chi connectivity index (χ0v) is 14.1. The van der Waals surface area contributed by atoms with Crippen molar-refractivity contribution in [1.82, 2.24) is 14.9 Å². The van der Waals surface area contributed by atoms with Gasteiger partial charge in [-0.3, -0.25) is 4.79 Å². The molecule has 0 radical (unpaired) electrons. The molecule has 7 heteroatoms. The summed E-state index contributed by atoms with van der Waals surface area (Å²) in [5.74, 6) is 0.0874. The number of alkyl halides is 1. The molecule has 1 N–H and O–H groups in total. The Morgan fingerprint density at radius 3 is 3.04 bits per heavy atom. The van der Waals surface area contributed by atoms with E-state index >= 15 is 0 Å². The monoisotopic (exact) mass is 352 g/mol. The number of pyridine rings is 1. The predicted octanol–water partition coefficient (Wildman–Crippen LogP) is 3.28. The van der Waals surface area contributed by atoms with Gasteiger partial charge in [0.05, 0.1) is 17.6 Å². The Morgan fingerprint density at radius 1 is 1.42 bits per heavy atom. The lowest BCUT2D eigenvalue weighted by Crippen LogP contribution is -2.34. The topological polar surface area (TPSA) is 60.0 Å². The molecule has 3 heterocycles. The number of fused-ring (bicyclic) bond motifs is 3. The summed E-state index contributed by atoms with van der Waals surface area (Å²) in [7, 11) is 0. The molecule has 0 saturated carbocycles. The SMILES string of the molecule is [C-]#[N+]c1cc2cccc(OC[C@H]3NC(=O)[C@@H](F)[C@H]3CC)c2c2ccnn12. The maximum atomic E-state index is 14.0. The Bertz CT molecular complexity index is 1040. The van der Waals surface area contributed by atoms with Gasteiger partial charge in [-0.15, -0.1) is 5.10 Å². The van der Waals surface area contributed by atoms with E-state index in [4.69, 9.17) is 11.3 Å². The first-order valence-corrected chi connectivity index (χ1v) is 8.48. The van der Waals surface area contributed by atoms with Crippen molar-refractivity contribution in [3.05, 3.63) is 47.9 Å². The minimum Gasteiger partial charge on any atom is -0.491 e. The van der Waals surface area contributed by atoms with Gasteiger partial charge in [0.2, 0.25) is 0 Å². The Balaban J connectivity index is 1.71. The highest BCUT2D eigenvalue weighted by atomic mass is 19.1. The highest BCUT2D eigenvalue weighted by Crippen LogP contribution is 2.34. The summed E-state index contributed by atoms with van der Waals surface area (Å²) in [6.45, 7) is 9.38. The highest BCUT2D eigenvalue weighted by Gasteiger charge is 2.41. The molecule has 0 spiro atoms. The van der Waals surface area contributed by atoms with E-state index in [0.717, 1.165) is 16.3 Å². The molecule has 2 aromatic heterocycles. The van der Waals surface area contributed by atoms with Crippen molar-refractivity contribution in [2.24, 2.45) is 5.92 Å². The van der Waals surface area contributed by atoms with E-state index in [0.29, 0.717) is 18.0 Å². The Kier molecular flexibility index (Phi) is 3.96. The zero-order chi connectivity index (χ0) is 18.3. The van der Waals surface area contributed by atoms with Crippen LogP contribution >= 0.6 is 0 Å². The van der Waals surface area contributed by atoms with Crippen molar-refractivity contribution in [1.29, 1.82) is 0 Å². The lowest BCUT2D eigenvalue weighted by atomic mass is 9.97. The molecule has 3 atom stereocenters. The lowest BCUT2D eigenvalue weighted by Gasteiger charge is -2.19. The number of aromatic nitrogens is 2. The van der Waals surface area contributed by atoms with Gasteiger partial charge in [0.15, 0.2) is 11.7 Å². The van der Waals surface area contributed by atoms with Gasteiger partial charge in [0, 0.05) is 12.0 Å². The number of hydrogen-bond acceptors (Lipinski definition) is 3. The summed E-state index contributed by atoms with van der Waals surface area (Å²) in [4.78, 5) is 15.1. The van der Waals surface area contributed by atoms with E-state index in [1.54, 1.807) is 16.8 Å². The van der Waals surface area contributed by atoms with Gasteiger partial charge >= 0.3 is 0 Å². The van der Waals surface area contributed by atoms with E-state index in [9.17, 15) is 9.18 Å². The summed E-state index contributed by atoms with van der Waals surface area (Å²) in [6, 6.07) is 8.82. The Morgan fingerprint density at radius 2 is 2.27 bits per heavy atom.